The zero-order chi connectivity index (χ0) is 29.4. The normalized spacial score (nSPS) is 15.4. The summed E-state index contributed by atoms with van der Waals surface area (Å²) in [5.74, 6) is -1.87. The van der Waals surface area contributed by atoms with Gasteiger partial charge in [-0.05, 0) is 62.2 Å². The number of aromatic hydroxyl groups is 1. The van der Waals surface area contributed by atoms with Gasteiger partial charge in [0.2, 0.25) is 5.91 Å². The maximum atomic E-state index is 15.8. The second-order valence-electron chi connectivity index (χ2n) is 10.1. The standard InChI is InChI=1S/C30H30F2N6O3/c1-5-7-24-27(17(3)10-11-33-24)38-29-21(15-23(32)26(34-29)20-14-19(39)8-9-22(20)31)28(35-30(38)41)37-13-12-36(16-18(37)4)25(40)6-2/h6,8-11,14-15,18,39H,2,5,7,12-13,16H2,1,3-4H3/t18-/m0/s1. The molecule has 4 heterocycles. The molecule has 1 atom stereocenters. The number of hydrogen-bond donors (Lipinski definition) is 1. The molecule has 1 aliphatic heterocycles. The number of nitrogens with zero attached hydrogens (tertiary/aromatic N) is 6. The zero-order valence-electron chi connectivity index (χ0n) is 23.1. The number of pyridine rings is 2. The van der Waals surface area contributed by atoms with E-state index in [-0.39, 0.29) is 45.8 Å². The number of amides is 1. The van der Waals surface area contributed by atoms with Crippen LogP contribution in [0.15, 0.2) is 54.0 Å². The van der Waals surface area contributed by atoms with Crippen molar-refractivity contribution >= 4 is 22.8 Å². The Kier molecular flexibility index (Phi) is 7.53. The molecule has 1 aliphatic rings. The fourth-order valence-corrected chi connectivity index (χ4v) is 5.34. The molecule has 11 heteroatoms. The number of aromatic nitrogens is 4. The molecule has 0 spiro atoms. The first kappa shape index (κ1) is 27.9. The molecule has 0 radical (unpaired) electrons. The Bertz CT molecular complexity index is 1740. The Morgan fingerprint density at radius 2 is 1.95 bits per heavy atom. The van der Waals surface area contributed by atoms with E-state index in [2.05, 4.69) is 21.5 Å². The first-order valence-electron chi connectivity index (χ1n) is 13.4. The number of aryl methyl sites for hydroxylation is 2. The number of carbonyl (C=O) groups is 1. The molecule has 41 heavy (non-hydrogen) atoms. The predicted octanol–water partition coefficient (Wildman–Crippen LogP) is 4.31. The Labute approximate surface area is 235 Å². The molecule has 1 amide bonds. The first-order chi connectivity index (χ1) is 19.6. The van der Waals surface area contributed by atoms with Gasteiger partial charge in [-0.15, -0.1) is 0 Å². The molecule has 0 bridgehead atoms. The average molecular weight is 561 g/mol. The third-order valence-corrected chi connectivity index (χ3v) is 7.30. The largest absolute Gasteiger partial charge is 0.508 e. The van der Waals surface area contributed by atoms with Crippen LogP contribution in [0.1, 0.15) is 31.5 Å². The number of phenolic OH excluding ortho intramolecular Hbond substituents is 1. The van der Waals surface area contributed by atoms with Crippen molar-refractivity contribution in [2.45, 2.75) is 39.7 Å². The molecule has 0 unspecified atom stereocenters. The number of hydrogen-bond acceptors (Lipinski definition) is 7. The summed E-state index contributed by atoms with van der Waals surface area (Å²) >= 11 is 0. The van der Waals surface area contributed by atoms with Gasteiger partial charge in [0.25, 0.3) is 0 Å². The minimum absolute atomic E-state index is 0.0735. The van der Waals surface area contributed by atoms with E-state index in [4.69, 9.17) is 0 Å². The van der Waals surface area contributed by atoms with Gasteiger partial charge < -0.3 is 14.9 Å². The van der Waals surface area contributed by atoms with E-state index in [1.807, 2.05) is 25.7 Å². The summed E-state index contributed by atoms with van der Waals surface area (Å²) in [6, 6.07) is 5.96. The van der Waals surface area contributed by atoms with Crippen LogP contribution in [0.4, 0.5) is 14.6 Å². The minimum Gasteiger partial charge on any atom is -0.508 e. The zero-order valence-corrected chi connectivity index (χ0v) is 23.1. The SMILES string of the molecule is C=CC(=O)N1CCN(c2nc(=O)n(-c3c(C)ccnc3CCC)c3nc(-c4cc(O)ccc4F)c(F)cc23)[C@@H](C)C1. The lowest BCUT2D eigenvalue weighted by molar-refractivity contribution is -0.126. The van der Waals surface area contributed by atoms with Gasteiger partial charge >= 0.3 is 5.69 Å². The molecular formula is C30H30F2N6O3. The molecular weight excluding hydrogens is 530 g/mol. The molecule has 5 rings (SSSR count). The van der Waals surface area contributed by atoms with Crippen LogP contribution in [-0.2, 0) is 11.2 Å². The Morgan fingerprint density at radius 3 is 2.66 bits per heavy atom. The molecule has 1 saturated heterocycles. The summed E-state index contributed by atoms with van der Waals surface area (Å²) in [5, 5.41) is 10.2. The Balaban J connectivity index is 1.81. The average Bonchev–Trinajstić information content (AvgIpc) is 2.94. The highest BCUT2D eigenvalue weighted by atomic mass is 19.1. The van der Waals surface area contributed by atoms with E-state index >= 15 is 4.39 Å². The van der Waals surface area contributed by atoms with Crippen molar-refractivity contribution in [3.05, 3.63) is 82.6 Å². The van der Waals surface area contributed by atoms with Crippen molar-refractivity contribution in [3.63, 3.8) is 0 Å². The fraction of sp³-hybridized carbons (Fsp3) is 0.300. The van der Waals surface area contributed by atoms with Crippen LogP contribution in [0.25, 0.3) is 28.0 Å². The minimum atomic E-state index is -0.847. The molecule has 3 aromatic heterocycles. The van der Waals surface area contributed by atoms with Gasteiger partial charge in [0.15, 0.2) is 5.65 Å². The van der Waals surface area contributed by atoms with Crippen LogP contribution in [0.5, 0.6) is 5.75 Å². The molecule has 9 nitrogen and oxygen atoms in total. The number of piperazine rings is 1. The summed E-state index contributed by atoms with van der Waals surface area (Å²) in [7, 11) is 0. The van der Waals surface area contributed by atoms with E-state index < -0.39 is 17.3 Å². The first-order valence-corrected chi connectivity index (χ1v) is 13.4. The molecule has 1 aromatic carbocycles. The second-order valence-corrected chi connectivity index (χ2v) is 10.1. The van der Waals surface area contributed by atoms with Crippen molar-refractivity contribution in [1.82, 2.24) is 24.4 Å². The van der Waals surface area contributed by atoms with Crippen LogP contribution in [0.3, 0.4) is 0 Å². The lowest BCUT2D eigenvalue weighted by Crippen LogP contribution is -2.54. The number of benzene rings is 1. The maximum absolute atomic E-state index is 15.8. The Morgan fingerprint density at radius 1 is 1.17 bits per heavy atom. The van der Waals surface area contributed by atoms with Crippen molar-refractivity contribution in [2.24, 2.45) is 0 Å². The fourth-order valence-electron chi connectivity index (χ4n) is 5.34. The van der Waals surface area contributed by atoms with Gasteiger partial charge in [-0.3, -0.25) is 9.78 Å². The van der Waals surface area contributed by atoms with Crippen molar-refractivity contribution in [3.8, 4) is 22.7 Å². The number of phenols is 1. The highest BCUT2D eigenvalue weighted by Gasteiger charge is 2.30. The molecule has 0 saturated carbocycles. The number of halogens is 2. The van der Waals surface area contributed by atoms with E-state index in [0.29, 0.717) is 37.4 Å². The smallest absolute Gasteiger partial charge is 0.355 e. The van der Waals surface area contributed by atoms with Crippen molar-refractivity contribution < 1.29 is 18.7 Å². The Hall–Kier alpha value is -4.67. The van der Waals surface area contributed by atoms with Crippen molar-refractivity contribution in [1.29, 1.82) is 0 Å². The molecule has 1 N–H and O–H groups in total. The van der Waals surface area contributed by atoms with Gasteiger partial charge in [-0.25, -0.2) is 23.1 Å². The summed E-state index contributed by atoms with van der Waals surface area (Å²) in [4.78, 5) is 43.0. The van der Waals surface area contributed by atoms with E-state index in [1.54, 1.807) is 17.2 Å². The summed E-state index contributed by atoms with van der Waals surface area (Å²) in [6.45, 7) is 10.3. The molecule has 1 fully saturated rings. The summed E-state index contributed by atoms with van der Waals surface area (Å²) in [5.41, 5.74) is 0.685. The van der Waals surface area contributed by atoms with E-state index in [0.717, 1.165) is 30.2 Å². The number of carbonyl (C=O) groups excluding carboxylic acids is 1. The lowest BCUT2D eigenvalue weighted by Gasteiger charge is -2.40. The molecule has 4 aromatic rings. The quantitative estimate of drug-likeness (QED) is 0.351. The summed E-state index contributed by atoms with van der Waals surface area (Å²) in [6.07, 6.45) is 4.24. The third kappa shape index (κ3) is 5.03. The highest BCUT2D eigenvalue weighted by molar-refractivity contribution is 5.91. The van der Waals surface area contributed by atoms with Gasteiger partial charge in [0, 0.05) is 37.4 Å². The van der Waals surface area contributed by atoms with Crippen LogP contribution < -0.4 is 10.6 Å². The number of fused-ring (bicyclic) bond motifs is 1. The highest BCUT2D eigenvalue weighted by Crippen LogP contribution is 2.34. The topological polar surface area (TPSA) is 104 Å². The summed E-state index contributed by atoms with van der Waals surface area (Å²) < 4.78 is 31.9. The van der Waals surface area contributed by atoms with Crippen LogP contribution in [0.2, 0.25) is 0 Å². The monoisotopic (exact) mass is 560 g/mol. The van der Waals surface area contributed by atoms with E-state index in [9.17, 15) is 19.1 Å². The van der Waals surface area contributed by atoms with Gasteiger partial charge in [-0.2, -0.15) is 4.98 Å². The van der Waals surface area contributed by atoms with Gasteiger partial charge in [0.05, 0.1) is 16.8 Å². The second kappa shape index (κ2) is 11.1. The van der Waals surface area contributed by atoms with Gasteiger partial charge in [0.1, 0.15) is 28.9 Å². The van der Waals surface area contributed by atoms with E-state index in [1.165, 1.54) is 16.7 Å². The van der Waals surface area contributed by atoms with Crippen LogP contribution >= 0.6 is 0 Å². The predicted molar refractivity (Wildman–Crippen MR) is 152 cm³/mol. The molecule has 212 valence electrons. The third-order valence-electron chi connectivity index (χ3n) is 7.30. The molecule has 0 aliphatic carbocycles. The van der Waals surface area contributed by atoms with Crippen LogP contribution in [0, 0.1) is 18.6 Å². The number of anilines is 1. The van der Waals surface area contributed by atoms with Gasteiger partial charge in [-0.1, -0.05) is 19.9 Å². The maximum Gasteiger partial charge on any atom is 0.355 e. The number of rotatable bonds is 6. The van der Waals surface area contributed by atoms with Crippen LogP contribution in [-0.4, -0.2) is 61.1 Å². The van der Waals surface area contributed by atoms with Crippen molar-refractivity contribution in [2.75, 3.05) is 24.5 Å². The lowest BCUT2D eigenvalue weighted by atomic mass is 10.1.